The lowest BCUT2D eigenvalue weighted by Crippen LogP contribution is -2.23. The Balaban J connectivity index is 1.74. The quantitative estimate of drug-likeness (QED) is 0.836. The molecule has 2 aromatic carbocycles. The molecule has 0 unspecified atom stereocenters. The summed E-state index contributed by atoms with van der Waals surface area (Å²) in [5, 5.41) is 3.20. The van der Waals surface area contributed by atoms with Gasteiger partial charge in [-0.25, -0.2) is 0 Å². The summed E-state index contributed by atoms with van der Waals surface area (Å²) in [5.41, 5.74) is 1.91. The molecule has 1 saturated heterocycles. The highest BCUT2D eigenvalue weighted by molar-refractivity contribution is 9.10. The molecule has 4 nitrogen and oxygen atoms in total. The molecular weight excluding hydrogens is 380 g/mol. The minimum Gasteiger partial charge on any atom is -0.322 e. The van der Waals surface area contributed by atoms with Crippen LogP contribution in [-0.4, -0.2) is 18.4 Å². The third kappa shape index (κ3) is 3.57. The summed E-state index contributed by atoms with van der Waals surface area (Å²) in [6, 6.07) is 12.4. The molecule has 1 heterocycles. The van der Waals surface area contributed by atoms with Crippen molar-refractivity contribution in [2.75, 3.05) is 16.8 Å². The second-order valence-electron chi connectivity index (χ2n) is 5.27. The van der Waals surface area contributed by atoms with Crippen LogP contribution in [0.4, 0.5) is 11.4 Å². The Morgan fingerprint density at radius 2 is 1.91 bits per heavy atom. The third-order valence-electron chi connectivity index (χ3n) is 3.68. The zero-order valence-electron chi connectivity index (χ0n) is 12.2. The second kappa shape index (κ2) is 6.72. The molecule has 0 aromatic heterocycles. The number of halogens is 2. The summed E-state index contributed by atoms with van der Waals surface area (Å²) >= 11 is 9.39. The summed E-state index contributed by atoms with van der Waals surface area (Å²) < 4.78 is 0.787. The topological polar surface area (TPSA) is 49.4 Å². The molecule has 1 fully saturated rings. The van der Waals surface area contributed by atoms with Gasteiger partial charge in [-0.05, 0) is 48.9 Å². The van der Waals surface area contributed by atoms with Crippen molar-refractivity contribution in [3.05, 3.63) is 57.5 Å². The predicted molar refractivity (Wildman–Crippen MR) is 95.1 cm³/mol. The third-order valence-corrected chi connectivity index (χ3v) is 4.51. The van der Waals surface area contributed by atoms with Gasteiger partial charge in [0.2, 0.25) is 5.91 Å². The second-order valence-corrected chi connectivity index (χ2v) is 6.60. The molecule has 1 aliphatic rings. The van der Waals surface area contributed by atoms with E-state index in [1.165, 1.54) is 0 Å². The van der Waals surface area contributed by atoms with Crippen LogP contribution in [0.3, 0.4) is 0 Å². The monoisotopic (exact) mass is 392 g/mol. The molecule has 1 aliphatic heterocycles. The van der Waals surface area contributed by atoms with Crippen molar-refractivity contribution in [2.45, 2.75) is 12.8 Å². The molecule has 0 atom stereocenters. The van der Waals surface area contributed by atoms with Gasteiger partial charge in [0.1, 0.15) is 0 Å². The first kappa shape index (κ1) is 16.0. The maximum Gasteiger partial charge on any atom is 0.257 e. The molecule has 0 aliphatic carbocycles. The van der Waals surface area contributed by atoms with Crippen molar-refractivity contribution >= 4 is 50.7 Å². The van der Waals surface area contributed by atoms with E-state index in [2.05, 4.69) is 21.2 Å². The van der Waals surface area contributed by atoms with E-state index in [9.17, 15) is 9.59 Å². The summed E-state index contributed by atoms with van der Waals surface area (Å²) in [5.74, 6) is -0.135. The van der Waals surface area contributed by atoms with Gasteiger partial charge in [-0.15, -0.1) is 0 Å². The molecular formula is C17H14BrClN2O2. The highest BCUT2D eigenvalue weighted by atomic mass is 79.9. The zero-order valence-corrected chi connectivity index (χ0v) is 14.5. The Kier molecular flexibility index (Phi) is 4.68. The van der Waals surface area contributed by atoms with E-state index in [1.807, 2.05) is 12.1 Å². The van der Waals surface area contributed by atoms with Gasteiger partial charge in [0.15, 0.2) is 0 Å². The fraction of sp³-hybridized carbons (Fsp3) is 0.176. The fourth-order valence-corrected chi connectivity index (χ4v) is 3.08. The highest BCUT2D eigenvalue weighted by Crippen LogP contribution is 2.25. The van der Waals surface area contributed by atoms with E-state index in [0.717, 1.165) is 23.1 Å². The van der Waals surface area contributed by atoms with Crippen LogP contribution >= 0.6 is 27.5 Å². The Hall–Kier alpha value is -1.85. The number of carbonyl (C=O) groups is 2. The van der Waals surface area contributed by atoms with Crippen LogP contribution in [0, 0.1) is 0 Å². The van der Waals surface area contributed by atoms with Gasteiger partial charge in [0, 0.05) is 28.8 Å². The van der Waals surface area contributed by atoms with Crippen LogP contribution in [0.1, 0.15) is 23.2 Å². The molecule has 118 valence electrons. The van der Waals surface area contributed by atoms with Gasteiger partial charge in [-0.1, -0.05) is 27.5 Å². The first-order valence-electron chi connectivity index (χ1n) is 7.21. The van der Waals surface area contributed by atoms with E-state index in [4.69, 9.17) is 11.6 Å². The lowest BCUT2D eigenvalue weighted by atomic mass is 10.2. The molecule has 0 radical (unpaired) electrons. The maximum absolute atomic E-state index is 12.3. The van der Waals surface area contributed by atoms with Crippen molar-refractivity contribution < 1.29 is 9.59 Å². The van der Waals surface area contributed by atoms with Crippen LogP contribution in [0.5, 0.6) is 0 Å². The van der Waals surface area contributed by atoms with Crippen molar-refractivity contribution in [1.29, 1.82) is 0 Å². The molecule has 2 amide bonds. The summed E-state index contributed by atoms with van der Waals surface area (Å²) in [6.07, 6.45) is 1.48. The van der Waals surface area contributed by atoms with Crippen molar-refractivity contribution in [1.82, 2.24) is 0 Å². The smallest absolute Gasteiger partial charge is 0.257 e. The molecule has 23 heavy (non-hydrogen) atoms. The van der Waals surface area contributed by atoms with Crippen molar-refractivity contribution in [3.8, 4) is 0 Å². The average Bonchev–Trinajstić information content (AvgIpc) is 2.96. The summed E-state index contributed by atoms with van der Waals surface area (Å²) in [6.45, 7) is 0.748. The largest absolute Gasteiger partial charge is 0.322 e. The molecule has 2 aromatic rings. The number of hydrogen-bond donors (Lipinski definition) is 1. The number of nitrogens with one attached hydrogen (secondary N) is 1. The van der Waals surface area contributed by atoms with Gasteiger partial charge < -0.3 is 10.2 Å². The van der Waals surface area contributed by atoms with Crippen LogP contribution in [-0.2, 0) is 4.79 Å². The van der Waals surface area contributed by atoms with E-state index < -0.39 is 0 Å². The van der Waals surface area contributed by atoms with E-state index in [-0.39, 0.29) is 11.8 Å². The maximum atomic E-state index is 12.3. The normalized spacial score (nSPS) is 14.2. The minimum absolute atomic E-state index is 0.141. The van der Waals surface area contributed by atoms with Gasteiger partial charge in [-0.2, -0.15) is 0 Å². The molecule has 0 spiro atoms. The first-order chi connectivity index (χ1) is 11.0. The standard InChI is InChI=1S/C17H14BrClN2O2/c18-11-3-8-15(19)14(10-11)17(23)20-12-4-6-13(7-5-12)21-9-1-2-16(21)22/h3-8,10H,1-2,9H2,(H,20,23). The van der Waals surface area contributed by atoms with Crippen molar-refractivity contribution in [2.24, 2.45) is 0 Å². The number of benzene rings is 2. The number of hydrogen-bond acceptors (Lipinski definition) is 2. The van der Waals surface area contributed by atoms with Gasteiger partial charge in [0.25, 0.3) is 5.91 Å². The summed E-state index contributed by atoms with van der Waals surface area (Å²) in [4.78, 5) is 25.8. The number of amides is 2. The van der Waals surface area contributed by atoms with Gasteiger partial charge in [-0.3, -0.25) is 9.59 Å². The Morgan fingerprint density at radius 1 is 1.17 bits per heavy atom. The predicted octanol–water partition coefficient (Wildman–Crippen LogP) is 4.48. The molecule has 3 rings (SSSR count). The number of rotatable bonds is 3. The van der Waals surface area contributed by atoms with E-state index in [0.29, 0.717) is 22.7 Å². The average molecular weight is 394 g/mol. The lowest BCUT2D eigenvalue weighted by molar-refractivity contribution is -0.117. The number of nitrogens with zero attached hydrogens (tertiary/aromatic N) is 1. The van der Waals surface area contributed by atoms with E-state index >= 15 is 0 Å². The van der Waals surface area contributed by atoms with Gasteiger partial charge >= 0.3 is 0 Å². The minimum atomic E-state index is -0.277. The lowest BCUT2D eigenvalue weighted by Gasteiger charge is -2.16. The SMILES string of the molecule is O=C(Nc1ccc(N2CCCC2=O)cc1)c1cc(Br)ccc1Cl. The molecule has 0 saturated carbocycles. The van der Waals surface area contributed by atoms with Crippen LogP contribution in [0.15, 0.2) is 46.9 Å². The van der Waals surface area contributed by atoms with E-state index in [1.54, 1.807) is 35.2 Å². The van der Waals surface area contributed by atoms with Crippen LogP contribution in [0.25, 0.3) is 0 Å². The Bertz CT molecular complexity index is 762. The molecule has 0 bridgehead atoms. The van der Waals surface area contributed by atoms with Crippen molar-refractivity contribution in [3.63, 3.8) is 0 Å². The van der Waals surface area contributed by atoms with Crippen LogP contribution in [0.2, 0.25) is 5.02 Å². The zero-order chi connectivity index (χ0) is 16.4. The fourth-order valence-electron chi connectivity index (χ4n) is 2.52. The van der Waals surface area contributed by atoms with Crippen LogP contribution < -0.4 is 10.2 Å². The number of carbonyl (C=O) groups excluding carboxylic acids is 2. The Labute approximate surface area is 147 Å². The summed E-state index contributed by atoms with van der Waals surface area (Å²) in [7, 11) is 0. The molecule has 6 heteroatoms. The number of anilines is 2. The Morgan fingerprint density at radius 3 is 2.57 bits per heavy atom. The highest BCUT2D eigenvalue weighted by Gasteiger charge is 2.21. The first-order valence-corrected chi connectivity index (χ1v) is 8.38. The van der Waals surface area contributed by atoms with Gasteiger partial charge in [0.05, 0.1) is 10.6 Å². The molecule has 1 N–H and O–H groups in total.